The predicted octanol–water partition coefficient (Wildman–Crippen LogP) is 1.60. The molecule has 1 unspecified atom stereocenters. The molecule has 0 saturated heterocycles. The van der Waals surface area contributed by atoms with Gasteiger partial charge in [0, 0.05) is 16.4 Å². The van der Waals surface area contributed by atoms with Crippen LogP contribution in [0.25, 0.3) is 0 Å². The number of hydrogen-bond acceptors (Lipinski definition) is 3. The van der Waals surface area contributed by atoms with Crippen molar-refractivity contribution < 1.29 is 9.59 Å². The molecule has 6 heteroatoms. The van der Waals surface area contributed by atoms with Crippen LogP contribution in [-0.4, -0.2) is 24.9 Å². The zero-order chi connectivity index (χ0) is 13.0. The monoisotopic (exact) mass is 316 g/mol. The van der Waals surface area contributed by atoms with Crippen molar-refractivity contribution in [3.8, 4) is 0 Å². The van der Waals surface area contributed by atoms with E-state index in [-0.39, 0.29) is 11.8 Å². The van der Waals surface area contributed by atoms with Crippen molar-refractivity contribution in [2.75, 3.05) is 7.05 Å². The topological polar surface area (TPSA) is 58.2 Å². The Morgan fingerprint density at radius 3 is 2.65 bits per heavy atom. The van der Waals surface area contributed by atoms with Gasteiger partial charge in [-0.15, -0.1) is 12.6 Å². The third kappa shape index (κ3) is 3.74. The molecule has 0 aliphatic heterocycles. The molecule has 92 valence electrons. The molecular formula is C11H13BrN2O2S. The van der Waals surface area contributed by atoms with E-state index in [0.29, 0.717) is 14.9 Å². The first-order valence-electron chi connectivity index (χ1n) is 4.96. The number of likely N-dealkylation sites (N-methyl/N-ethyl adjacent to an activating group) is 1. The highest BCUT2D eigenvalue weighted by molar-refractivity contribution is 9.10. The van der Waals surface area contributed by atoms with Crippen LogP contribution in [0.4, 0.5) is 0 Å². The lowest BCUT2D eigenvalue weighted by molar-refractivity contribution is -0.122. The van der Waals surface area contributed by atoms with Crippen LogP contribution >= 0.6 is 28.6 Å². The summed E-state index contributed by atoms with van der Waals surface area (Å²) in [5.74, 6) is -0.555. The van der Waals surface area contributed by atoms with Gasteiger partial charge >= 0.3 is 0 Å². The number of benzene rings is 1. The lowest BCUT2D eigenvalue weighted by Gasteiger charge is -2.13. The molecule has 1 aromatic rings. The van der Waals surface area contributed by atoms with E-state index in [2.05, 4.69) is 39.2 Å². The molecule has 4 nitrogen and oxygen atoms in total. The number of hydrogen-bond donors (Lipinski definition) is 3. The molecule has 1 aromatic carbocycles. The van der Waals surface area contributed by atoms with Crippen LogP contribution in [0.1, 0.15) is 17.3 Å². The Labute approximate surface area is 114 Å². The Morgan fingerprint density at radius 2 is 2.06 bits per heavy atom. The fraction of sp³-hybridized carbons (Fsp3) is 0.273. The van der Waals surface area contributed by atoms with Crippen molar-refractivity contribution in [1.82, 2.24) is 10.6 Å². The summed E-state index contributed by atoms with van der Waals surface area (Å²) in [6.45, 7) is 1.62. The number of amides is 2. The highest BCUT2D eigenvalue weighted by atomic mass is 79.9. The van der Waals surface area contributed by atoms with Crippen LogP contribution in [0.3, 0.4) is 0 Å². The third-order valence-corrected chi connectivity index (χ3v) is 3.15. The molecule has 0 spiro atoms. The maximum absolute atomic E-state index is 11.9. The van der Waals surface area contributed by atoms with Gasteiger partial charge in [-0.25, -0.2) is 0 Å². The van der Waals surface area contributed by atoms with Crippen LogP contribution < -0.4 is 10.6 Å². The number of halogens is 1. The van der Waals surface area contributed by atoms with Gasteiger partial charge in [0.05, 0.1) is 5.56 Å². The predicted molar refractivity (Wildman–Crippen MR) is 72.4 cm³/mol. The molecule has 1 atom stereocenters. The zero-order valence-corrected chi connectivity index (χ0v) is 11.9. The molecule has 0 fully saturated rings. The van der Waals surface area contributed by atoms with Crippen LogP contribution in [0.5, 0.6) is 0 Å². The van der Waals surface area contributed by atoms with Gasteiger partial charge in [-0.1, -0.05) is 0 Å². The lowest BCUT2D eigenvalue weighted by Crippen LogP contribution is -2.43. The molecule has 2 N–H and O–H groups in total. The molecular weight excluding hydrogens is 304 g/mol. The van der Waals surface area contributed by atoms with E-state index in [0.717, 1.165) is 0 Å². The van der Waals surface area contributed by atoms with Gasteiger partial charge in [-0.05, 0) is 41.1 Å². The minimum atomic E-state index is -0.581. The molecule has 0 bridgehead atoms. The number of nitrogens with one attached hydrogen (secondary N) is 2. The van der Waals surface area contributed by atoms with Gasteiger partial charge in [0.25, 0.3) is 5.91 Å². The molecule has 17 heavy (non-hydrogen) atoms. The van der Waals surface area contributed by atoms with Crippen molar-refractivity contribution in [3.05, 3.63) is 28.2 Å². The van der Waals surface area contributed by atoms with Crippen molar-refractivity contribution in [2.24, 2.45) is 0 Å². The van der Waals surface area contributed by atoms with E-state index < -0.39 is 6.04 Å². The quantitative estimate of drug-likeness (QED) is 0.742. The van der Waals surface area contributed by atoms with Gasteiger partial charge in [0.2, 0.25) is 5.91 Å². The summed E-state index contributed by atoms with van der Waals surface area (Å²) in [6, 6.07) is 4.57. The number of carbonyl (C=O) groups is 2. The summed E-state index contributed by atoms with van der Waals surface area (Å²) in [7, 11) is 1.52. The Bertz CT molecular complexity index is 451. The molecule has 0 aliphatic rings. The molecule has 0 radical (unpaired) electrons. The maximum Gasteiger partial charge on any atom is 0.253 e. The van der Waals surface area contributed by atoms with Crippen LogP contribution in [0.15, 0.2) is 27.6 Å². The van der Waals surface area contributed by atoms with E-state index in [4.69, 9.17) is 0 Å². The Morgan fingerprint density at radius 1 is 1.41 bits per heavy atom. The van der Waals surface area contributed by atoms with Gasteiger partial charge in [-0.3, -0.25) is 9.59 Å². The highest BCUT2D eigenvalue weighted by Gasteiger charge is 2.17. The number of carbonyl (C=O) groups excluding carboxylic acids is 2. The average Bonchev–Trinajstić information content (AvgIpc) is 2.30. The van der Waals surface area contributed by atoms with E-state index in [1.54, 1.807) is 25.1 Å². The number of rotatable bonds is 3. The highest BCUT2D eigenvalue weighted by Crippen LogP contribution is 2.20. The average molecular weight is 317 g/mol. The van der Waals surface area contributed by atoms with E-state index in [1.807, 2.05) is 0 Å². The van der Waals surface area contributed by atoms with Crippen molar-refractivity contribution in [1.29, 1.82) is 0 Å². The van der Waals surface area contributed by atoms with Crippen molar-refractivity contribution in [3.63, 3.8) is 0 Å². The smallest absolute Gasteiger partial charge is 0.253 e. The molecule has 0 saturated carbocycles. The van der Waals surface area contributed by atoms with Gasteiger partial charge < -0.3 is 10.6 Å². The molecule has 0 aliphatic carbocycles. The fourth-order valence-electron chi connectivity index (χ4n) is 1.24. The zero-order valence-electron chi connectivity index (χ0n) is 9.45. The van der Waals surface area contributed by atoms with E-state index in [1.165, 1.54) is 7.05 Å². The normalized spacial score (nSPS) is 11.8. The van der Waals surface area contributed by atoms with E-state index >= 15 is 0 Å². The largest absolute Gasteiger partial charge is 0.357 e. The third-order valence-electron chi connectivity index (χ3n) is 2.18. The molecule has 1 rings (SSSR count). The van der Waals surface area contributed by atoms with Gasteiger partial charge in [-0.2, -0.15) is 0 Å². The second-order valence-electron chi connectivity index (χ2n) is 3.47. The van der Waals surface area contributed by atoms with Gasteiger partial charge in [0.15, 0.2) is 0 Å². The summed E-state index contributed by atoms with van der Waals surface area (Å²) in [6.07, 6.45) is 0. The Kier molecular flexibility index (Phi) is 5.02. The summed E-state index contributed by atoms with van der Waals surface area (Å²) >= 11 is 7.45. The summed E-state index contributed by atoms with van der Waals surface area (Å²) in [5, 5.41) is 5.07. The minimum absolute atomic E-state index is 0.239. The second kappa shape index (κ2) is 6.07. The Hall–Kier alpha value is -1.01. The summed E-state index contributed by atoms with van der Waals surface area (Å²) < 4.78 is 0.664. The molecule has 0 heterocycles. The standard InChI is InChI=1S/C11H13BrN2O2S/c1-6(10(15)13-2)14-11(16)8-5-7(17)3-4-9(8)12/h3-6,17H,1-2H3,(H,13,15)(H,14,16). The molecule has 2 amide bonds. The van der Waals surface area contributed by atoms with Crippen LogP contribution in [0.2, 0.25) is 0 Å². The lowest BCUT2D eigenvalue weighted by atomic mass is 10.2. The number of thiol groups is 1. The summed E-state index contributed by atoms with van der Waals surface area (Å²) in [4.78, 5) is 23.9. The van der Waals surface area contributed by atoms with E-state index in [9.17, 15) is 9.59 Å². The first-order valence-corrected chi connectivity index (χ1v) is 6.20. The first kappa shape index (κ1) is 14.1. The molecule has 0 aromatic heterocycles. The minimum Gasteiger partial charge on any atom is -0.357 e. The first-order chi connectivity index (χ1) is 7.95. The SMILES string of the molecule is CNC(=O)C(C)NC(=O)c1cc(S)ccc1Br. The maximum atomic E-state index is 11.9. The second-order valence-corrected chi connectivity index (χ2v) is 4.84. The van der Waals surface area contributed by atoms with Gasteiger partial charge in [0.1, 0.15) is 6.04 Å². The van der Waals surface area contributed by atoms with Crippen LogP contribution in [-0.2, 0) is 4.79 Å². The van der Waals surface area contributed by atoms with Crippen LogP contribution in [0, 0.1) is 0 Å². The van der Waals surface area contributed by atoms with Crippen molar-refractivity contribution in [2.45, 2.75) is 17.9 Å². The Balaban J connectivity index is 2.83. The summed E-state index contributed by atoms with van der Waals surface area (Å²) in [5.41, 5.74) is 0.452. The fourth-order valence-corrected chi connectivity index (χ4v) is 1.87. The van der Waals surface area contributed by atoms with Crippen molar-refractivity contribution >= 4 is 40.4 Å².